The molecule has 1 aromatic heterocycles. The Bertz CT molecular complexity index is 529. The Morgan fingerprint density at radius 2 is 2.33 bits per heavy atom. The van der Waals surface area contributed by atoms with Crippen molar-refractivity contribution in [3.05, 3.63) is 17.8 Å². The van der Waals surface area contributed by atoms with E-state index in [1.54, 1.807) is 0 Å². The van der Waals surface area contributed by atoms with Gasteiger partial charge in [0.05, 0.1) is 11.3 Å². The Morgan fingerprint density at radius 1 is 1.50 bits per heavy atom. The van der Waals surface area contributed by atoms with Gasteiger partial charge in [-0.05, 0) is 25.3 Å². The second-order valence-corrected chi connectivity index (χ2v) is 4.59. The van der Waals surface area contributed by atoms with Gasteiger partial charge in [0.2, 0.25) is 5.91 Å². The number of carboxylic acids is 1. The van der Waals surface area contributed by atoms with Gasteiger partial charge in [0.1, 0.15) is 6.04 Å². The molecule has 0 saturated carbocycles. The third-order valence-electron chi connectivity index (χ3n) is 3.45. The van der Waals surface area contributed by atoms with Crippen molar-refractivity contribution in [1.82, 2.24) is 4.98 Å². The van der Waals surface area contributed by atoms with Gasteiger partial charge in [-0.3, -0.25) is 4.79 Å². The molecule has 2 aliphatic rings. The summed E-state index contributed by atoms with van der Waals surface area (Å²) >= 11 is 0. The number of piperidine rings is 1. The van der Waals surface area contributed by atoms with Crippen LogP contribution >= 0.6 is 0 Å². The van der Waals surface area contributed by atoms with Crippen molar-refractivity contribution in [1.29, 1.82) is 0 Å². The highest BCUT2D eigenvalue weighted by Gasteiger charge is 2.35. The molecule has 0 aromatic carbocycles. The van der Waals surface area contributed by atoms with E-state index in [1.807, 2.05) is 4.90 Å². The smallest absolute Gasteiger partial charge is 0.337 e. The van der Waals surface area contributed by atoms with Crippen LogP contribution in [0.2, 0.25) is 0 Å². The van der Waals surface area contributed by atoms with Gasteiger partial charge in [0.15, 0.2) is 5.82 Å². The van der Waals surface area contributed by atoms with E-state index < -0.39 is 5.97 Å². The molecule has 18 heavy (non-hydrogen) atoms. The highest BCUT2D eigenvalue weighted by Crippen LogP contribution is 2.34. The number of carbonyl (C=O) groups excluding carboxylic acids is 1. The average Bonchev–Trinajstić information content (AvgIpc) is 2.38. The van der Waals surface area contributed by atoms with E-state index in [2.05, 4.69) is 10.3 Å². The Balaban J connectivity index is 2.04. The normalized spacial score (nSPS) is 21.9. The highest BCUT2D eigenvalue weighted by atomic mass is 16.4. The summed E-state index contributed by atoms with van der Waals surface area (Å²) in [5.74, 6) is -0.420. The Kier molecular flexibility index (Phi) is 2.43. The van der Waals surface area contributed by atoms with Crippen molar-refractivity contribution in [3.8, 4) is 0 Å². The minimum absolute atomic E-state index is 0.0634. The van der Waals surface area contributed by atoms with Gasteiger partial charge in [-0.1, -0.05) is 0 Å². The van der Waals surface area contributed by atoms with Crippen LogP contribution in [-0.4, -0.2) is 34.6 Å². The summed E-state index contributed by atoms with van der Waals surface area (Å²) in [6.45, 7) is 0.796. The summed E-state index contributed by atoms with van der Waals surface area (Å²) in [5, 5.41) is 11.7. The number of nitrogens with one attached hydrogen (secondary N) is 1. The first kappa shape index (κ1) is 11.0. The van der Waals surface area contributed by atoms with Crippen LogP contribution in [0.25, 0.3) is 0 Å². The van der Waals surface area contributed by atoms with E-state index in [-0.39, 0.29) is 17.5 Å². The maximum atomic E-state index is 11.9. The maximum Gasteiger partial charge on any atom is 0.337 e. The third-order valence-corrected chi connectivity index (χ3v) is 3.45. The molecule has 2 aliphatic heterocycles. The molecular weight excluding hydrogens is 234 g/mol. The second-order valence-electron chi connectivity index (χ2n) is 4.59. The fraction of sp³-hybridized carbons (Fsp3) is 0.417. The van der Waals surface area contributed by atoms with Crippen LogP contribution in [0, 0.1) is 0 Å². The molecule has 1 atom stereocenters. The van der Waals surface area contributed by atoms with E-state index in [9.17, 15) is 9.59 Å². The van der Waals surface area contributed by atoms with Gasteiger partial charge in [-0.2, -0.15) is 0 Å². The lowest BCUT2D eigenvalue weighted by Gasteiger charge is -2.39. The fourth-order valence-corrected chi connectivity index (χ4v) is 2.57. The average molecular weight is 247 g/mol. The van der Waals surface area contributed by atoms with Crippen molar-refractivity contribution in [3.63, 3.8) is 0 Å². The number of carboxylic acid groups (broad SMARTS) is 1. The maximum absolute atomic E-state index is 11.9. The summed E-state index contributed by atoms with van der Waals surface area (Å²) < 4.78 is 0. The van der Waals surface area contributed by atoms with Gasteiger partial charge in [-0.25, -0.2) is 9.78 Å². The first-order valence-corrected chi connectivity index (χ1v) is 5.97. The first-order valence-electron chi connectivity index (χ1n) is 5.97. The number of fused-ring (bicyclic) bond motifs is 3. The molecule has 94 valence electrons. The molecule has 1 fully saturated rings. The largest absolute Gasteiger partial charge is 0.478 e. The summed E-state index contributed by atoms with van der Waals surface area (Å²) in [6, 6.07) is 1.31. The summed E-state index contributed by atoms with van der Waals surface area (Å²) in [4.78, 5) is 29.0. The second kappa shape index (κ2) is 3.97. The zero-order chi connectivity index (χ0) is 12.7. The number of amides is 1. The number of carbonyl (C=O) groups is 2. The monoisotopic (exact) mass is 247 g/mol. The number of pyridine rings is 1. The van der Waals surface area contributed by atoms with Crippen LogP contribution in [0.5, 0.6) is 0 Å². The predicted molar refractivity (Wildman–Crippen MR) is 64.8 cm³/mol. The van der Waals surface area contributed by atoms with E-state index in [1.165, 1.54) is 12.3 Å². The standard InChI is InChI=1S/C12H13N3O3/c16-11-9-3-1-2-4-15(9)10-8(14-11)5-7(6-13-10)12(17)18/h5-6,9H,1-4H2,(H,14,16)(H,17,18)/t9-/m0/s1. The lowest BCUT2D eigenvalue weighted by atomic mass is 9.99. The molecule has 0 spiro atoms. The van der Waals surface area contributed by atoms with Crippen LogP contribution in [-0.2, 0) is 4.79 Å². The van der Waals surface area contributed by atoms with Crippen LogP contribution in [0.3, 0.4) is 0 Å². The lowest BCUT2D eigenvalue weighted by molar-refractivity contribution is -0.118. The van der Waals surface area contributed by atoms with Crippen molar-refractivity contribution >= 4 is 23.4 Å². The van der Waals surface area contributed by atoms with Gasteiger partial charge >= 0.3 is 5.97 Å². The third kappa shape index (κ3) is 1.61. The van der Waals surface area contributed by atoms with Crippen LogP contribution in [0.15, 0.2) is 12.3 Å². The zero-order valence-electron chi connectivity index (χ0n) is 9.72. The molecule has 1 amide bonds. The van der Waals surface area contributed by atoms with Crippen LogP contribution in [0.4, 0.5) is 11.5 Å². The predicted octanol–water partition coefficient (Wildman–Crippen LogP) is 1.09. The van der Waals surface area contributed by atoms with Crippen molar-refractivity contribution in [2.24, 2.45) is 0 Å². The number of aromatic nitrogens is 1. The van der Waals surface area contributed by atoms with Gasteiger partial charge in [0.25, 0.3) is 0 Å². The molecule has 0 bridgehead atoms. The van der Waals surface area contributed by atoms with E-state index in [4.69, 9.17) is 5.11 Å². The zero-order valence-corrected chi connectivity index (χ0v) is 9.72. The van der Waals surface area contributed by atoms with E-state index >= 15 is 0 Å². The summed E-state index contributed by atoms with van der Waals surface area (Å²) in [6.07, 6.45) is 4.24. The fourth-order valence-electron chi connectivity index (χ4n) is 2.57. The molecule has 0 radical (unpaired) electrons. The van der Waals surface area contributed by atoms with Gasteiger partial charge in [0, 0.05) is 12.7 Å². The quantitative estimate of drug-likeness (QED) is 0.776. The molecule has 3 rings (SSSR count). The Hall–Kier alpha value is -2.11. The van der Waals surface area contributed by atoms with Gasteiger partial charge in [-0.15, -0.1) is 0 Å². The molecular formula is C12H13N3O3. The number of hydrogen-bond acceptors (Lipinski definition) is 4. The number of aromatic carboxylic acids is 1. The molecule has 3 heterocycles. The van der Waals surface area contributed by atoms with Crippen LogP contribution in [0.1, 0.15) is 29.6 Å². The molecule has 0 unspecified atom stereocenters. The molecule has 1 saturated heterocycles. The molecule has 6 nitrogen and oxygen atoms in total. The number of anilines is 2. The summed E-state index contributed by atoms with van der Waals surface area (Å²) in [7, 11) is 0. The van der Waals surface area contributed by atoms with Crippen molar-refractivity contribution < 1.29 is 14.7 Å². The number of hydrogen-bond donors (Lipinski definition) is 2. The number of rotatable bonds is 1. The van der Waals surface area contributed by atoms with E-state index in [0.29, 0.717) is 11.5 Å². The number of nitrogens with zero attached hydrogens (tertiary/aromatic N) is 2. The molecule has 1 aromatic rings. The summed E-state index contributed by atoms with van der Waals surface area (Å²) in [5.41, 5.74) is 0.586. The minimum atomic E-state index is -1.04. The van der Waals surface area contributed by atoms with Crippen molar-refractivity contribution in [2.75, 3.05) is 16.8 Å². The highest BCUT2D eigenvalue weighted by molar-refractivity contribution is 6.04. The van der Waals surface area contributed by atoms with Gasteiger partial charge < -0.3 is 15.3 Å². The topological polar surface area (TPSA) is 82.5 Å². The molecule has 0 aliphatic carbocycles. The SMILES string of the molecule is O=C(O)c1cnc2c(c1)NC(=O)[C@@H]1CCCCN21. The van der Waals surface area contributed by atoms with Crippen molar-refractivity contribution in [2.45, 2.75) is 25.3 Å². The Morgan fingerprint density at radius 3 is 3.11 bits per heavy atom. The molecule has 2 N–H and O–H groups in total. The molecule has 6 heteroatoms. The first-order chi connectivity index (χ1) is 8.66. The minimum Gasteiger partial charge on any atom is -0.478 e. The Labute approximate surface area is 104 Å². The lowest BCUT2D eigenvalue weighted by Crippen LogP contribution is -2.51. The van der Waals surface area contributed by atoms with E-state index in [0.717, 1.165) is 25.8 Å². The van der Waals surface area contributed by atoms with Crippen LogP contribution < -0.4 is 10.2 Å².